The Kier molecular flexibility index (Phi) is 6.18. The second-order valence-corrected chi connectivity index (χ2v) is 4.03. The van der Waals surface area contributed by atoms with E-state index in [1.165, 1.54) is 0 Å². The van der Waals surface area contributed by atoms with Crippen LogP contribution in [-0.4, -0.2) is 30.2 Å². The molecule has 5 nitrogen and oxygen atoms in total. The first kappa shape index (κ1) is 14.5. The predicted octanol–water partition coefficient (Wildman–Crippen LogP) is 0.411. The Bertz CT molecular complexity index is 382. The molecule has 1 amide bonds. The van der Waals surface area contributed by atoms with E-state index in [2.05, 4.69) is 5.32 Å². The molecule has 0 saturated heterocycles. The Morgan fingerprint density at radius 2 is 2.33 bits per heavy atom. The van der Waals surface area contributed by atoms with E-state index in [0.717, 1.165) is 12.0 Å². The summed E-state index contributed by atoms with van der Waals surface area (Å²) < 4.78 is 5.49. The third-order valence-corrected chi connectivity index (χ3v) is 2.48. The Labute approximate surface area is 107 Å². The zero-order valence-corrected chi connectivity index (χ0v) is 10.6. The second-order valence-electron chi connectivity index (χ2n) is 4.03. The Balaban J connectivity index is 2.52. The fraction of sp³-hybridized carbons (Fsp3) is 0.462. The zero-order valence-electron chi connectivity index (χ0n) is 10.6. The average molecular weight is 252 g/mol. The van der Waals surface area contributed by atoms with E-state index >= 15 is 0 Å². The number of hydrogen-bond acceptors (Lipinski definition) is 4. The lowest BCUT2D eigenvalue weighted by atomic mass is 10.2. The predicted molar refractivity (Wildman–Crippen MR) is 69.1 cm³/mol. The standard InChI is InChI=1S/C13H20N2O3/c1-2-6-15-12(13(14)17)9-18-11-5-3-4-10(7-11)8-16/h3-5,7,12,15-16H,2,6,8-9H2,1H3,(H2,14,17). The minimum absolute atomic E-state index is 0.0372. The number of carbonyl (C=O) groups excluding carboxylic acids is 1. The van der Waals surface area contributed by atoms with E-state index in [4.69, 9.17) is 15.6 Å². The summed E-state index contributed by atoms with van der Waals surface area (Å²) >= 11 is 0. The van der Waals surface area contributed by atoms with Crippen molar-refractivity contribution in [2.24, 2.45) is 5.73 Å². The number of nitrogens with two attached hydrogens (primary N) is 1. The lowest BCUT2D eigenvalue weighted by Gasteiger charge is -2.16. The second kappa shape index (κ2) is 7.68. The molecule has 0 aliphatic carbocycles. The monoisotopic (exact) mass is 252 g/mol. The SMILES string of the molecule is CCCNC(COc1cccc(CO)c1)C(N)=O. The molecular formula is C13H20N2O3. The molecule has 0 saturated carbocycles. The van der Waals surface area contributed by atoms with Crippen molar-refractivity contribution >= 4 is 5.91 Å². The highest BCUT2D eigenvalue weighted by molar-refractivity contribution is 5.80. The molecule has 18 heavy (non-hydrogen) atoms. The van der Waals surface area contributed by atoms with E-state index in [0.29, 0.717) is 12.3 Å². The summed E-state index contributed by atoms with van der Waals surface area (Å²) in [5, 5.41) is 12.0. The van der Waals surface area contributed by atoms with Gasteiger partial charge in [-0.15, -0.1) is 0 Å². The molecule has 0 aliphatic heterocycles. The number of ether oxygens (including phenoxy) is 1. The number of benzene rings is 1. The van der Waals surface area contributed by atoms with Crippen molar-refractivity contribution in [1.29, 1.82) is 0 Å². The van der Waals surface area contributed by atoms with Gasteiger partial charge in [0.15, 0.2) is 0 Å². The summed E-state index contributed by atoms with van der Waals surface area (Å²) in [6, 6.07) is 6.60. The summed E-state index contributed by atoms with van der Waals surface area (Å²) in [4.78, 5) is 11.2. The van der Waals surface area contributed by atoms with Gasteiger partial charge in [-0.1, -0.05) is 19.1 Å². The van der Waals surface area contributed by atoms with Gasteiger partial charge in [-0.3, -0.25) is 4.79 Å². The lowest BCUT2D eigenvalue weighted by molar-refractivity contribution is -0.120. The third-order valence-electron chi connectivity index (χ3n) is 2.48. The van der Waals surface area contributed by atoms with Gasteiger partial charge in [-0.25, -0.2) is 0 Å². The molecule has 0 spiro atoms. The molecule has 5 heteroatoms. The highest BCUT2D eigenvalue weighted by Gasteiger charge is 2.14. The topological polar surface area (TPSA) is 84.6 Å². The average Bonchev–Trinajstić information content (AvgIpc) is 2.38. The molecule has 0 aliphatic rings. The summed E-state index contributed by atoms with van der Waals surface area (Å²) in [7, 11) is 0. The zero-order chi connectivity index (χ0) is 13.4. The molecule has 0 radical (unpaired) electrons. The number of carbonyl (C=O) groups is 1. The van der Waals surface area contributed by atoms with Crippen LogP contribution in [0.15, 0.2) is 24.3 Å². The number of aliphatic hydroxyl groups excluding tert-OH is 1. The Hall–Kier alpha value is -1.59. The van der Waals surface area contributed by atoms with E-state index in [-0.39, 0.29) is 13.2 Å². The van der Waals surface area contributed by atoms with E-state index < -0.39 is 11.9 Å². The number of aliphatic hydroxyl groups is 1. The maximum atomic E-state index is 11.2. The summed E-state index contributed by atoms with van der Waals surface area (Å²) in [6.07, 6.45) is 0.920. The van der Waals surface area contributed by atoms with Crippen molar-refractivity contribution < 1.29 is 14.6 Å². The van der Waals surface area contributed by atoms with Crippen LogP contribution in [0.25, 0.3) is 0 Å². The molecule has 0 heterocycles. The van der Waals surface area contributed by atoms with Gasteiger partial charge in [0, 0.05) is 0 Å². The maximum absolute atomic E-state index is 11.2. The van der Waals surface area contributed by atoms with Crippen LogP contribution < -0.4 is 15.8 Å². The van der Waals surface area contributed by atoms with Crippen molar-refractivity contribution in [3.05, 3.63) is 29.8 Å². The van der Waals surface area contributed by atoms with Gasteiger partial charge >= 0.3 is 0 Å². The smallest absolute Gasteiger partial charge is 0.238 e. The van der Waals surface area contributed by atoms with Crippen molar-refractivity contribution in [3.63, 3.8) is 0 Å². The number of primary amides is 1. The van der Waals surface area contributed by atoms with Crippen LogP contribution >= 0.6 is 0 Å². The van der Waals surface area contributed by atoms with E-state index in [1.807, 2.05) is 6.92 Å². The molecule has 0 aromatic heterocycles. The molecule has 1 aromatic rings. The fourth-order valence-electron chi connectivity index (χ4n) is 1.47. The minimum Gasteiger partial charge on any atom is -0.491 e. The molecule has 0 bridgehead atoms. The van der Waals surface area contributed by atoms with Gasteiger partial charge in [0.05, 0.1) is 6.61 Å². The van der Waals surface area contributed by atoms with Crippen molar-refractivity contribution in [3.8, 4) is 5.75 Å². The number of rotatable bonds is 8. The van der Waals surface area contributed by atoms with Crippen LogP contribution in [0.4, 0.5) is 0 Å². The van der Waals surface area contributed by atoms with E-state index in [1.54, 1.807) is 24.3 Å². The first-order chi connectivity index (χ1) is 8.67. The Morgan fingerprint density at radius 3 is 2.94 bits per heavy atom. The van der Waals surface area contributed by atoms with Crippen LogP contribution in [0, 0.1) is 0 Å². The molecule has 4 N–H and O–H groups in total. The molecule has 1 rings (SSSR count). The van der Waals surface area contributed by atoms with Crippen molar-refractivity contribution in [1.82, 2.24) is 5.32 Å². The third kappa shape index (κ3) is 4.73. The normalized spacial score (nSPS) is 12.1. The molecule has 100 valence electrons. The van der Waals surface area contributed by atoms with Gasteiger partial charge < -0.3 is 20.9 Å². The highest BCUT2D eigenvalue weighted by Crippen LogP contribution is 2.13. The Morgan fingerprint density at radius 1 is 1.56 bits per heavy atom. The molecule has 0 fully saturated rings. The summed E-state index contributed by atoms with van der Waals surface area (Å²) in [5.74, 6) is 0.188. The van der Waals surface area contributed by atoms with Gasteiger partial charge in [-0.05, 0) is 30.7 Å². The number of hydrogen-bond donors (Lipinski definition) is 3. The van der Waals surface area contributed by atoms with Crippen molar-refractivity contribution in [2.75, 3.05) is 13.2 Å². The lowest BCUT2D eigenvalue weighted by Crippen LogP contribution is -2.45. The quantitative estimate of drug-likeness (QED) is 0.625. The molecule has 1 aromatic carbocycles. The summed E-state index contributed by atoms with van der Waals surface area (Å²) in [6.45, 7) is 2.87. The highest BCUT2D eigenvalue weighted by atomic mass is 16.5. The van der Waals surface area contributed by atoms with Crippen LogP contribution in [0.5, 0.6) is 5.75 Å². The first-order valence-electron chi connectivity index (χ1n) is 6.02. The molecular weight excluding hydrogens is 232 g/mol. The first-order valence-corrected chi connectivity index (χ1v) is 6.02. The van der Waals surface area contributed by atoms with Gasteiger partial charge in [0.25, 0.3) is 0 Å². The number of nitrogens with one attached hydrogen (secondary N) is 1. The minimum atomic E-state index is -0.497. The maximum Gasteiger partial charge on any atom is 0.238 e. The van der Waals surface area contributed by atoms with Crippen molar-refractivity contribution in [2.45, 2.75) is 26.0 Å². The fourth-order valence-corrected chi connectivity index (χ4v) is 1.47. The van der Waals surface area contributed by atoms with E-state index in [9.17, 15) is 4.79 Å². The largest absolute Gasteiger partial charge is 0.491 e. The number of amides is 1. The van der Waals surface area contributed by atoms with Crippen LogP contribution in [0.2, 0.25) is 0 Å². The van der Waals surface area contributed by atoms with Gasteiger partial charge in [0.1, 0.15) is 18.4 Å². The van der Waals surface area contributed by atoms with Gasteiger partial charge in [0.2, 0.25) is 5.91 Å². The van der Waals surface area contributed by atoms with Crippen LogP contribution in [-0.2, 0) is 11.4 Å². The van der Waals surface area contributed by atoms with Crippen LogP contribution in [0.3, 0.4) is 0 Å². The molecule has 1 unspecified atom stereocenters. The summed E-state index contributed by atoms with van der Waals surface area (Å²) in [5.41, 5.74) is 6.04. The van der Waals surface area contributed by atoms with Gasteiger partial charge in [-0.2, -0.15) is 0 Å². The molecule has 1 atom stereocenters. The van der Waals surface area contributed by atoms with Crippen LogP contribution in [0.1, 0.15) is 18.9 Å².